The number of carbonyl (C=O) groups is 2. The van der Waals surface area contributed by atoms with Gasteiger partial charge in [-0.2, -0.15) is 5.10 Å². The fourth-order valence-electron chi connectivity index (χ4n) is 3.57. The Labute approximate surface area is 158 Å². The lowest BCUT2D eigenvalue weighted by atomic mass is 10.1. The standard InChI is InChI=1S/C20H24N4O3/c1-24-12-14(11-22-24)16-9-17(16)19(25)21-10-13-4-2-5-15(8-13)23-20(26)18-6-3-7-27-18/h2,4-5,8,11-12,16-18H,3,6-7,9-10H2,1H3,(H,21,25)(H,23,26). The van der Waals surface area contributed by atoms with Crippen molar-refractivity contribution in [3.05, 3.63) is 47.8 Å². The molecule has 1 saturated carbocycles. The fourth-order valence-corrected chi connectivity index (χ4v) is 3.57. The van der Waals surface area contributed by atoms with Crippen molar-refractivity contribution in [3.63, 3.8) is 0 Å². The van der Waals surface area contributed by atoms with Gasteiger partial charge in [0.15, 0.2) is 0 Å². The summed E-state index contributed by atoms with van der Waals surface area (Å²) in [6, 6.07) is 7.55. The molecule has 2 amide bonds. The number of rotatable bonds is 6. The van der Waals surface area contributed by atoms with Crippen molar-refractivity contribution in [3.8, 4) is 0 Å². The lowest BCUT2D eigenvalue weighted by molar-refractivity contribution is -0.124. The van der Waals surface area contributed by atoms with Crippen LogP contribution in [0.3, 0.4) is 0 Å². The van der Waals surface area contributed by atoms with Gasteiger partial charge in [0.05, 0.1) is 6.20 Å². The Bertz CT molecular complexity index is 841. The number of nitrogens with one attached hydrogen (secondary N) is 2. The number of ether oxygens (including phenoxy) is 1. The van der Waals surface area contributed by atoms with Crippen LogP contribution in [0.1, 0.15) is 36.3 Å². The van der Waals surface area contributed by atoms with Crippen LogP contribution in [-0.4, -0.2) is 34.3 Å². The number of hydrogen-bond acceptors (Lipinski definition) is 4. The Hall–Kier alpha value is -2.67. The minimum Gasteiger partial charge on any atom is -0.368 e. The lowest BCUT2D eigenvalue weighted by Crippen LogP contribution is -2.27. The molecule has 7 heteroatoms. The summed E-state index contributed by atoms with van der Waals surface area (Å²) in [6.07, 6.45) is 6.00. The molecule has 3 atom stereocenters. The van der Waals surface area contributed by atoms with Crippen LogP contribution in [0, 0.1) is 5.92 Å². The molecule has 2 heterocycles. The van der Waals surface area contributed by atoms with Crippen LogP contribution in [0.2, 0.25) is 0 Å². The summed E-state index contributed by atoms with van der Waals surface area (Å²) in [4.78, 5) is 24.5. The van der Waals surface area contributed by atoms with E-state index in [2.05, 4.69) is 15.7 Å². The summed E-state index contributed by atoms with van der Waals surface area (Å²) in [7, 11) is 1.88. The van der Waals surface area contributed by atoms with Crippen molar-refractivity contribution >= 4 is 17.5 Å². The number of amides is 2. The minimum atomic E-state index is -0.354. The quantitative estimate of drug-likeness (QED) is 0.816. The first-order chi connectivity index (χ1) is 13.1. The van der Waals surface area contributed by atoms with Crippen molar-refractivity contribution in [1.82, 2.24) is 15.1 Å². The number of aryl methyl sites for hydroxylation is 1. The number of carbonyl (C=O) groups excluding carboxylic acids is 2. The molecule has 27 heavy (non-hydrogen) atoms. The van der Waals surface area contributed by atoms with E-state index in [0.717, 1.165) is 36.1 Å². The Kier molecular flexibility index (Phi) is 4.94. The second-order valence-corrected chi connectivity index (χ2v) is 7.31. The molecule has 142 valence electrons. The number of aromatic nitrogens is 2. The van der Waals surface area contributed by atoms with E-state index >= 15 is 0 Å². The molecule has 1 aliphatic heterocycles. The Morgan fingerprint density at radius 1 is 1.33 bits per heavy atom. The average molecular weight is 368 g/mol. The second kappa shape index (κ2) is 7.52. The van der Waals surface area contributed by atoms with Crippen LogP contribution in [-0.2, 0) is 27.9 Å². The highest BCUT2D eigenvalue weighted by Gasteiger charge is 2.44. The van der Waals surface area contributed by atoms with Gasteiger partial charge in [0.2, 0.25) is 5.91 Å². The van der Waals surface area contributed by atoms with Crippen molar-refractivity contribution < 1.29 is 14.3 Å². The maximum atomic E-state index is 12.4. The lowest BCUT2D eigenvalue weighted by Gasteiger charge is -2.12. The van der Waals surface area contributed by atoms with E-state index < -0.39 is 0 Å². The molecule has 3 unspecified atom stereocenters. The predicted molar refractivity (Wildman–Crippen MR) is 99.9 cm³/mol. The van der Waals surface area contributed by atoms with E-state index in [1.165, 1.54) is 0 Å². The topological polar surface area (TPSA) is 85.2 Å². The molecule has 1 saturated heterocycles. The molecule has 2 aromatic rings. The maximum Gasteiger partial charge on any atom is 0.253 e. The molecule has 0 spiro atoms. The van der Waals surface area contributed by atoms with Crippen LogP contribution in [0.4, 0.5) is 5.69 Å². The molecule has 0 radical (unpaired) electrons. The van der Waals surface area contributed by atoms with Gasteiger partial charge < -0.3 is 15.4 Å². The molecule has 2 fully saturated rings. The zero-order valence-electron chi connectivity index (χ0n) is 15.4. The first-order valence-electron chi connectivity index (χ1n) is 9.38. The zero-order valence-corrected chi connectivity index (χ0v) is 15.4. The summed E-state index contributed by atoms with van der Waals surface area (Å²) in [5.41, 5.74) is 2.80. The van der Waals surface area contributed by atoms with Gasteiger partial charge in [-0.1, -0.05) is 12.1 Å². The Morgan fingerprint density at radius 2 is 2.22 bits per heavy atom. The normalized spacial score (nSPS) is 23.8. The fraction of sp³-hybridized carbons (Fsp3) is 0.450. The van der Waals surface area contributed by atoms with Gasteiger partial charge in [-0.15, -0.1) is 0 Å². The number of anilines is 1. The minimum absolute atomic E-state index is 0.0246. The second-order valence-electron chi connectivity index (χ2n) is 7.31. The van der Waals surface area contributed by atoms with Crippen molar-refractivity contribution in [2.24, 2.45) is 13.0 Å². The molecular formula is C20H24N4O3. The van der Waals surface area contributed by atoms with E-state index in [1.807, 2.05) is 43.7 Å². The van der Waals surface area contributed by atoms with Crippen LogP contribution in [0.5, 0.6) is 0 Å². The predicted octanol–water partition coefficient (Wildman–Crippen LogP) is 1.96. The van der Waals surface area contributed by atoms with Crippen LogP contribution in [0.15, 0.2) is 36.7 Å². The first-order valence-corrected chi connectivity index (χ1v) is 9.38. The van der Waals surface area contributed by atoms with Gasteiger partial charge in [0.1, 0.15) is 6.10 Å². The Balaban J connectivity index is 1.28. The van der Waals surface area contributed by atoms with E-state index in [9.17, 15) is 9.59 Å². The molecule has 2 N–H and O–H groups in total. The first kappa shape index (κ1) is 17.7. The van der Waals surface area contributed by atoms with Gasteiger partial charge in [0, 0.05) is 38.0 Å². The zero-order chi connectivity index (χ0) is 18.8. The molecule has 2 aliphatic rings. The number of benzene rings is 1. The third kappa shape index (κ3) is 4.19. The van der Waals surface area contributed by atoms with Gasteiger partial charge in [0.25, 0.3) is 5.91 Å². The SMILES string of the molecule is Cn1cc(C2CC2C(=O)NCc2cccc(NC(=O)C3CCCO3)c2)cn1. The highest BCUT2D eigenvalue weighted by atomic mass is 16.5. The van der Waals surface area contributed by atoms with Gasteiger partial charge in [-0.3, -0.25) is 14.3 Å². The van der Waals surface area contributed by atoms with Crippen molar-refractivity contribution in [2.75, 3.05) is 11.9 Å². The number of nitrogens with zero attached hydrogens (tertiary/aromatic N) is 2. The van der Waals surface area contributed by atoms with Gasteiger partial charge in [-0.25, -0.2) is 0 Å². The van der Waals surface area contributed by atoms with Gasteiger partial charge >= 0.3 is 0 Å². The molecule has 1 aliphatic carbocycles. The third-order valence-corrected chi connectivity index (χ3v) is 5.16. The van der Waals surface area contributed by atoms with E-state index in [4.69, 9.17) is 4.74 Å². The summed E-state index contributed by atoms with van der Waals surface area (Å²) in [6.45, 7) is 1.09. The van der Waals surface area contributed by atoms with Crippen LogP contribution in [0.25, 0.3) is 0 Å². The summed E-state index contributed by atoms with van der Waals surface area (Å²) in [5.74, 6) is 0.260. The molecule has 0 bridgehead atoms. The van der Waals surface area contributed by atoms with Crippen LogP contribution >= 0.6 is 0 Å². The highest BCUT2D eigenvalue weighted by Crippen LogP contribution is 2.47. The maximum absolute atomic E-state index is 12.4. The summed E-state index contributed by atoms with van der Waals surface area (Å²) < 4.78 is 7.17. The third-order valence-electron chi connectivity index (χ3n) is 5.16. The smallest absolute Gasteiger partial charge is 0.253 e. The average Bonchev–Trinajstić information content (AvgIpc) is 3.05. The Morgan fingerprint density at radius 3 is 2.96 bits per heavy atom. The largest absolute Gasteiger partial charge is 0.368 e. The van der Waals surface area contributed by atoms with E-state index in [-0.39, 0.29) is 29.8 Å². The monoisotopic (exact) mass is 368 g/mol. The summed E-state index contributed by atoms with van der Waals surface area (Å²) >= 11 is 0. The number of hydrogen-bond donors (Lipinski definition) is 2. The van der Waals surface area contributed by atoms with Crippen molar-refractivity contribution in [2.45, 2.75) is 37.8 Å². The molecule has 7 nitrogen and oxygen atoms in total. The van der Waals surface area contributed by atoms with Gasteiger partial charge in [-0.05, 0) is 48.4 Å². The van der Waals surface area contributed by atoms with E-state index in [0.29, 0.717) is 13.2 Å². The molecular weight excluding hydrogens is 344 g/mol. The highest BCUT2D eigenvalue weighted by molar-refractivity contribution is 5.94. The van der Waals surface area contributed by atoms with Crippen LogP contribution < -0.4 is 10.6 Å². The van der Waals surface area contributed by atoms with E-state index in [1.54, 1.807) is 4.68 Å². The molecule has 1 aromatic heterocycles. The molecule has 4 rings (SSSR count). The molecule has 1 aromatic carbocycles. The summed E-state index contributed by atoms with van der Waals surface area (Å²) in [5, 5.41) is 10.1. The van der Waals surface area contributed by atoms with Crippen molar-refractivity contribution in [1.29, 1.82) is 0 Å².